The van der Waals surface area contributed by atoms with Crippen LogP contribution in [0.2, 0.25) is 5.02 Å². The van der Waals surface area contributed by atoms with Gasteiger partial charge in [0.1, 0.15) is 0 Å². The Bertz CT molecular complexity index is 486. The quantitative estimate of drug-likeness (QED) is 0.777. The standard InChI is InChI=1S/C11H12ClN3/c12-7-4-10-9(14-6-7)5-11(15-10)8-2-1-3-13-8/h4-6,8,13,15H,1-3H2. The second-order valence-electron chi connectivity index (χ2n) is 3.96. The number of rotatable bonds is 1. The van der Waals surface area contributed by atoms with Crippen molar-refractivity contribution in [3.8, 4) is 0 Å². The van der Waals surface area contributed by atoms with Gasteiger partial charge in [-0.1, -0.05) is 11.6 Å². The smallest absolute Gasteiger partial charge is 0.0883 e. The fourth-order valence-corrected chi connectivity index (χ4v) is 2.30. The van der Waals surface area contributed by atoms with Gasteiger partial charge in [0.25, 0.3) is 0 Å². The third-order valence-electron chi connectivity index (χ3n) is 2.89. The lowest BCUT2D eigenvalue weighted by molar-refractivity contribution is 0.633. The Morgan fingerprint density at radius 1 is 1.40 bits per heavy atom. The summed E-state index contributed by atoms with van der Waals surface area (Å²) in [4.78, 5) is 7.65. The van der Waals surface area contributed by atoms with Gasteiger partial charge in [0, 0.05) is 17.9 Å². The van der Waals surface area contributed by atoms with Crippen molar-refractivity contribution < 1.29 is 0 Å². The maximum Gasteiger partial charge on any atom is 0.0883 e. The van der Waals surface area contributed by atoms with Gasteiger partial charge in [0.05, 0.1) is 16.1 Å². The first kappa shape index (κ1) is 9.19. The Hall–Kier alpha value is -1.06. The van der Waals surface area contributed by atoms with Gasteiger partial charge in [-0.15, -0.1) is 0 Å². The van der Waals surface area contributed by atoms with E-state index in [1.807, 2.05) is 6.07 Å². The number of nitrogens with zero attached hydrogens (tertiary/aromatic N) is 1. The summed E-state index contributed by atoms with van der Waals surface area (Å²) in [5, 5.41) is 4.13. The molecule has 78 valence electrons. The minimum atomic E-state index is 0.456. The van der Waals surface area contributed by atoms with Gasteiger partial charge in [-0.3, -0.25) is 4.98 Å². The van der Waals surface area contributed by atoms with Crippen LogP contribution in [0.4, 0.5) is 0 Å². The van der Waals surface area contributed by atoms with Crippen molar-refractivity contribution in [1.82, 2.24) is 15.3 Å². The van der Waals surface area contributed by atoms with Crippen LogP contribution in [0.25, 0.3) is 11.0 Å². The normalized spacial score (nSPS) is 21.3. The van der Waals surface area contributed by atoms with E-state index in [2.05, 4.69) is 21.4 Å². The van der Waals surface area contributed by atoms with Crippen molar-refractivity contribution >= 4 is 22.6 Å². The van der Waals surface area contributed by atoms with E-state index in [1.54, 1.807) is 6.20 Å². The SMILES string of the molecule is Clc1cnc2cc(C3CCCN3)[nH]c2c1. The lowest BCUT2D eigenvalue weighted by atomic mass is 10.2. The van der Waals surface area contributed by atoms with Crippen LogP contribution in [0.15, 0.2) is 18.3 Å². The molecule has 15 heavy (non-hydrogen) atoms. The van der Waals surface area contributed by atoms with Crippen LogP contribution in [0.5, 0.6) is 0 Å². The third kappa shape index (κ3) is 1.62. The zero-order chi connectivity index (χ0) is 10.3. The molecule has 1 fully saturated rings. The molecule has 0 saturated carbocycles. The third-order valence-corrected chi connectivity index (χ3v) is 3.10. The lowest BCUT2D eigenvalue weighted by Gasteiger charge is -2.05. The lowest BCUT2D eigenvalue weighted by Crippen LogP contribution is -2.12. The van der Waals surface area contributed by atoms with Crippen LogP contribution in [0.3, 0.4) is 0 Å². The Morgan fingerprint density at radius 2 is 2.33 bits per heavy atom. The Morgan fingerprint density at radius 3 is 3.13 bits per heavy atom. The second kappa shape index (κ2) is 3.51. The predicted octanol–water partition coefficient (Wildman–Crippen LogP) is 2.64. The first-order valence-electron chi connectivity index (χ1n) is 5.20. The summed E-state index contributed by atoms with van der Waals surface area (Å²) in [6.07, 6.45) is 4.12. The highest BCUT2D eigenvalue weighted by Gasteiger charge is 2.18. The minimum absolute atomic E-state index is 0.456. The molecule has 0 aliphatic carbocycles. The van der Waals surface area contributed by atoms with Crippen molar-refractivity contribution in [2.45, 2.75) is 18.9 Å². The molecule has 1 unspecified atom stereocenters. The van der Waals surface area contributed by atoms with E-state index in [4.69, 9.17) is 11.6 Å². The highest BCUT2D eigenvalue weighted by Crippen LogP contribution is 2.25. The van der Waals surface area contributed by atoms with E-state index in [9.17, 15) is 0 Å². The molecule has 0 bridgehead atoms. The van der Waals surface area contributed by atoms with Crippen LogP contribution in [-0.2, 0) is 0 Å². The van der Waals surface area contributed by atoms with Gasteiger partial charge in [-0.25, -0.2) is 0 Å². The molecular weight excluding hydrogens is 210 g/mol. The molecular formula is C11H12ClN3. The van der Waals surface area contributed by atoms with E-state index in [-0.39, 0.29) is 0 Å². The number of pyridine rings is 1. The molecule has 1 atom stereocenters. The molecule has 3 rings (SSSR count). The zero-order valence-corrected chi connectivity index (χ0v) is 9.01. The largest absolute Gasteiger partial charge is 0.356 e. The molecule has 1 saturated heterocycles. The Labute approximate surface area is 92.8 Å². The van der Waals surface area contributed by atoms with Gasteiger partial charge >= 0.3 is 0 Å². The molecule has 2 N–H and O–H groups in total. The predicted molar refractivity (Wildman–Crippen MR) is 61.1 cm³/mol. The molecule has 0 radical (unpaired) electrons. The number of hydrogen-bond acceptors (Lipinski definition) is 2. The number of H-pyrrole nitrogens is 1. The van der Waals surface area contributed by atoms with Crippen LogP contribution in [0, 0.1) is 0 Å². The van der Waals surface area contributed by atoms with E-state index in [0.29, 0.717) is 11.1 Å². The summed E-state index contributed by atoms with van der Waals surface area (Å²) in [5.74, 6) is 0. The van der Waals surface area contributed by atoms with Crippen LogP contribution >= 0.6 is 11.6 Å². The fraction of sp³-hybridized carbons (Fsp3) is 0.364. The Kier molecular flexibility index (Phi) is 2.15. The van der Waals surface area contributed by atoms with E-state index in [0.717, 1.165) is 17.6 Å². The number of aromatic amines is 1. The summed E-state index contributed by atoms with van der Waals surface area (Å²) >= 11 is 5.89. The summed E-state index contributed by atoms with van der Waals surface area (Å²) in [7, 11) is 0. The summed E-state index contributed by atoms with van der Waals surface area (Å²) in [5.41, 5.74) is 3.23. The van der Waals surface area contributed by atoms with E-state index < -0.39 is 0 Å². The maximum absolute atomic E-state index is 5.89. The molecule has 1 aliphatic heterocycles. The first-order chi connectivity index (χ1) is 7.33. The molecule has 3 heterocycles. The minimum Gasteiger partial charge on any atom is -0.356 e. The Balaban J connectivity index is 2.05. The first-order valence-corrected chi connectivity index (χ1v) is 5.58. The summed E-state index contributed by atoms with van der Waals surface area (Å²) in [6.45, 7) is 1.11. The van der Waals surface area contributed by atoms with Crippen LogP contribution in [0.1, 0.15) is 24.6 Å². The van der Waals surface area contributed by atoms with Crippen molar-refractivity contribution in [2.24, 2.45) is 0 Å². The van der Waals surface area contributed by atoms with E-state index >= 15 is 0 Å². The molecule has 0 spiro atoms. The van der Waals surface area contributed by atoms with Crippen molar-refractivity contribution in [3.63, 3.8) is 0 Å². The average molecular weight is 222 g/mol. The van der Waals surface area contributed by atoms with Gasteiger partial charge < -0.3 is 10.3 Å². The molecule has 0 amide bonds. The number of nitrogens with one attached hydrogen (secondary N) is 2. The summed E-state index contributed by atoms with van der Waals surface area (Å²) < 4.78 is 0. The van der Waals surface area contributed by atoms with Crippen molar-refractivity contribution in [2.75, 3.05) is 6.54 Å². The van der Waals surface area contributed by atoms with Crippen molar-refractivity contribution in [3.05, 3.63) is 29.0 Å². The second-order valence-corrected chi connectivity index (χ2v) is 4.40. The number of hydrogen-bond donors (Lipinski definition) is 2. The molecule has 2 aromatic heterocycles. The summed E-state index contributed by atoms with van der Waals surface area (Å²) in [6, 6.07) is 4.48. The van der Waals surface area contributed by atoms with E-state index in [1.165, 1.54) is 18.5 Å². The highest BCUT2D eigenvalue weighted by molar-refractivity contribution is 6.31. The topological polar surface area (TPSA) is 40.7 Å². The van der Waals surface area contributed by atoms with Crippen LogP contribution in [-0.4, -0.2) is 16.5 Å². The monoisotopic (exact) mass is 221 g/mol. The fourth-order valence-electron chi connectivity index (χ4n) is 2.14. The molecule has 0 aromatic carbocycles. The van der Waals surface area contributed by atoms with Gasteiger partial charge in [0.15, 0.2) is 0 Å². The maximum atomic E-state index is 5.89. The van der Waals surface area contributed by atoms with Gasteiger partial charge in [-0.05, 0) is 31.5 Å². The highest BCUT2D eigenvalue weighted by atomic mass is 35.5. The molecule has 4 heteroatoms. The van der Waals surface area contributed by atoms with Gasteiger partial charge in [-0.2, -0.15) is 0 Å². The number of halogens is 1. The zero-order valence-electron chi connectivity index (χ0n) is 8.26. The van der Waals surface area contributed by atoms with Crippen molar-refractivity contribution in [1.29, 1.82) is 0 Å². The molecule has 2 aromatic rings. The average Bonchev–Trinajstić information content (AvgIpc) is 2.84. The number of fused-ring (bicyclic) bond motifs is 1. The van der Waals surface area contributed by atoms with Crippen LogP contribution < -0.4 is 5.32 Å². The van der Waals surface area contributed by atoms with Gasteiger partial charge in [0.2, 0.25) is 0 Å². The number of aromatic nitrogens is 2. The molecule has 1 aliphatic rings. The molecule has 3 nitrogen and oxygen atoms in total.